The molecule has 0 atom stereocenters. The van der Waals surface area contributed by atoms with Crippen molar-refractivity contribution < 1.29 is 4.79 Å². The summed E-state index contributed by atoms with van der Waals surface area (Å²) in [5, 5.41) is 9.44. The molecule has 1 saturated carbocycles. The van der Waals surface area contributed by atoms with Gasteiger partial charge in [0.1, 0.15) is 6.54 Å². The molecule has 0 aliphatic heterocycles. The van der Waals surface area contributed by atoms with Crippen LogP contribution in [0.1, 0.15) is 31.7 Å². The van der Waals surface area contributed by atoms with Crippen LogP contribution in [0.5, 0.6) is 0 Å². The first kappa shape index (κ1) is 18.9. The number of aromatic nitrogens is 1. The third kappa shape index (κ3) is 5.06. The van der Waals surface area contributed by atoms with E-state index < -0.39 is 0 Å². The third-order valence-corrected chi connectivity index (χ3v) is 4.96. The molecule has 0 spiro atoms. The van der Waals surface area contributed by atoms with Gasteiger partial charge in [0, 0.05) is 24.7 Å². The van der Waals surface area contributed by atoms with Gasteiger partial charge in [0.25, 0.3) is 0 Å². The first-order chi connectivity index (χ1) is 13.2. The van der Waals surface area contributed by atoms with Crippen LogP contribution in [0.4, 0.5) is 5.69 Å². The highest BCUT2D eigenvalue weighted by molar-refractivity contribution is 5.93. The van der Waals surface area contributed by atoms with Gasteiger partial charge in [-0.05, 0) is 37.5 Å². The summed E-state index contributed by atoms with van der Waals surface area (Å²) in [5.41, 5.74) is 2.21. The quantitative estimate of drug-likeness (QED) is 0.521. The lowest BCUT2D eigenvalue weighted by Crippen LogP contribution is -2.49. The van der Waals surface area contributed by atoms with Gasteiger partial charge in [-0.25, -0.2) is 4.99 Å². The Morgan fingerprint density at radius 2 is 1.96 bits per heavy atom. The number of nitrogens with one attached hydrogen (secondary N) is 3. The number of hydrogen-bond donors (Lipinski definition) is 3. The summed E-state index contributed by atoms with van der Waals surface area (Å²) < 4.78 is 0. The maximum Gasteiger partial charge on any atom is 0.246 e. The first-order valence-electron chi connectivity index (χ1n) is 9.49. The monoisotopic (exact) mass is 365 g/mol. The summed E-state index contributed by atoms with van der Waals surface area (Å²) >= 11 is 0. The molecule has 1 aromatic carbocycles. The molecule has 1 aliphatic carbocycles. The lowest BCUT2D eigenvalue weighted by molar-refractivity contribution is -0.114. The summed E-state index contributed by atoms with van der Waals surface area (Å²) in [6.07, 6.45) is 6.88. The number of pyridine rings is 1. The largest absolute Gasteiger partial charge is 0.357 e. The third-order valence-electron chi connectivity index (χ3n) is 4.96. The van der Waals surface area contributed by atoms with Crippen LogP contribution in [0.25, 0.3) is 0 Å². The number of nitrogens with zero attached hydrogens (tertiary/aromatic N) is 2. The smallest absolute Gasteiger partial charge is 0.246 e. The summed E-state index contributed by atoms with van der Waals surface area (Å²) in [6, 6.07) is 14.2. The molecule has 3 rings (SSSR count). The summed E-state index contributed by atoms with van der Waals surface area (Å²) in [5.74, 6) is 0.502. The number of hydrogen-bond acceptors (Lipinski definition) is 3. The number of anilines is 1. The van der Waals surface area contributed by atoms with Gasteiger partial charge in [0.2, 0.25) is 5.91 Å². The molecule has 6 heteroatoms. The van der Waals surface area contributed by atoms with Gasteiger partial charge in [-0.15, -0.1) is 0 Å². The average molecular weight is 365 g/mol. The molecule has 6 nitrogen and oxygen atoms in total. The molecule has 2 aromatic rings. The second kappa shape index (κ2) is 9.16. The molecule has 27 heavy (non-hydrogen) atoms. The number of carbonyl (C=O) groups is 1. The van der Waals surface area contributed by atoms with Crippen molar-refractivity contribution in [3.8, 4) is 0 Å². The molecular weight excluding hydrogens is 338 g/mol. The Bertz CT molecular complexity index is 757. The average Bonchev–Trinajstić information content (AvgIpc) is 2.67. The number of amides is 1. The molecule has 3 N–H and O–H groups in total. The van der Waals surface area contributed by atoms with E-state index in [1.807, 2.05) is 6.92 Å². The van der Waals surface area contributed by atoms with Crippen molar-refractivity contribution in [1.29, 1.82) is 0 Å². The molecule has 1 aromatic heterocycles. The van der Waals surface area contributed by atoms with E-state index in [4.69, 9.17) is 0 Å². The van der Waals surface area contributed by atoms with Gasteiger partial charge < -0.3 is 16.0 Å². The maximum atomic E-state index is 12.1. The number of aliphatic imine (C=N–C) groups is 1. The van der Waals surface area contributed by atoms with Crippen molar-refractivity contribution in [2.75, 3.05) is 25.0 Å². The van der Waals surface area contributed by atoms with Crippen molar-refractivity contribution in [2.24, 2.45) is 4.99 Å². The topological polar surface area (TPSA) is 78.4 Å². The van der Waals surface area contributed by atoms with Crippen LogP contribution >= 0.6 is 0 Å². The first-order valence-corrected chi connectivity index (χ1v) is 9.49. The molecule has 1 amide bonds. The maximum absolute atomic E-state index is 12.1. The highest BCUT2D eigenvalue weighted by Crippen LogP contribution is 2.43. The lowest BCUT2D eigenvalue weighted by Gasteiger charge is -2.43. The molecule has 1 fully saturated rings. The molecular formula is C21H27N5O. The standard InChI is InChI=1S/C21H27N5O/c1-2-23-20(24-15-19(27)26-18-10-6-13-22-14-18)25-16-21(11-7-12-21)17-8-4-3-5-9-17/h3-6,8-10,13-14H,2,7,11-12,15-16H2,1H3,(H,26,27)(H2,23,24,25). The number of benzene rings is 1. The van der Waals surface area contributed by atoms with E-state index in [2.05, 4.69) is 56.3 Å². The Labute approximate surface area is 160 Å². The second-order valence-electron chi connectivity index (χ2n) is 6.84. The molecule has 0 radical (unpaired) electrons. The van der Waals surface area contributed by atoms with Crippen molar-refractivity contribution in [1.82, 2.24) is 15.6 Å². The Balaban J connectivity index is 1.58. The van der Waals surface area contributed by atoms with Gasteiger partial charge in [-0.2, -0.15) is 0 Å². The molecule has 1 aliphatic rings. The zero-order valence-electron chi connectivity index (χ0n) is 15.7. The van der Waals surface area contributed by atoms with Crippen LogP contribution in [-0.2, 0) is 10.2 Å². The van der Waals surface area contributed by atoms with Crippen LogP contribution in [-0.4, -0.2) is 36.5 Å². The Hall–Kier alpha value is -2.89. The zero-order chi connectivity index (χ0) is 19.0. The Kier molecular flexibility index (Phi) is 6.41. The molecule has 0 unspecified atom stereocenters. The minimum atomic E-state index is -0.165. The van der Waals surface area contributed by atoms with E-state index in [0.717, 1.165) is 13.1 Å². The van der Waals surface area contributed by atoms with E-state index in [1.165, 1.54) is 24.8 Å². The number of rotatable bonds is 7. The summed E-state index contributed by atoms with van der Waals surface area (Å²) in [4.78, 5) is 20.5. The van der Waals surface area contributed by atoms with Crippen molar-refractivity contribution in [2.45, 2.75) is 31.6 Å². The summed E-state index contributed by atoms with van der Waals surface area (Å²) in [6.45, 7) is 3.63. The Morgan fingerprint density at radius 1 is 1.15 bits per heavy atom. The molecule has 1 heterocycles. The number of guanidine groups is 1. The zero-order valence-corrected chi connectivity index (χ0v) is 15.7. The minimum absolute atomic E-state index is 0.0581. The molecule has 0 saturated heterocycles. The highest BCUT2D eigenvalue weighted by atomic mass is 16.1. The predicted molar refractivity (Wildman–Crippen MR) is 109 cm³/mol. The highest BCUT2D eigenvalue weighted by Gasteiger charge is 2.38. The van der Waals surface area contributed by atoms with Crippen molar-refractivity contribution in [3.63, 3.8) is 0 Å². The second-order valence-corrected chi connectivity index (χ2v) is 6.84. The number of carbonyl (C=O) groups excluding carboxylic acids is 1. The van der Waals surface area contributed by atoms with E-state index >= 15 is 0 Å². The van der Waals surface area contributed by atoms with E-state index in [0.29, 0.717) is 11.6 Å². The van der Waals surface area contributed by atoms with E-state index in [9.17, 15) is 4.79 Å². The summed E-state index contributed by atoms with van der Waals surface area (Å²) in [7, 11) is 0. The fourth-order valence-electron chi connectivity index (χ4n) is 3.35. The minimum Gasteiger partial charge on any atom is -0.357 e. The van der Waals surface area contributed by atoms with Crippen molar-refractivity contribution >= 4 is 17.6 Å². The fraction of sp³-hybridized carbons (Fsp3) is 0.381. The van der Waals surface area contributed by atoms with Crippen LogP contribution in [0.3, 0.4) is 0 Å². The molecule has 0 bridgehead atoms. The molecule has 142 valence electrons. The van der Waals surface area contributed by atoms with Gasteiger partial charge in [0.15, 0.2) is 5.96 Å². The van der Waals surface area contributed by atoms with Crippen LogP contribution < -0.4 is 16.0 Å². The predicted octanol–water partition coefficient (Wildman–Crippen LogP) is 2.70. The van der Waals surface area contributed by atoms with Gasteiger partial charge in [-0.3, -0.25) is 9.78 Å². The van der Waals surface area contributed by atoms with Crippen LogP contribution in [0, 0.1) is 0 Å². The van der Waals surface area contributed by atoms with Crippen LogP contribution in [0.2, 0.25) is 0 Å². The van der Waals surface area contributed by atoms with E-state index in [1.54, 1.807) is 24.5 Å². The fourth-order valence-corrected chi connectivity index (χ4v) is 3.35. The van der Waals surface area contributed by atoms with Gasteiger partial charge in [-0.1, -0.05) is 36.8 Å². The van der Waals surface area contributed by atoms with Crippen LogP contribution in [0.15, 0.2) is 59.9 Å². The lowest BCUT2D eigenvalue weighted by atomic mass is 9.64. The SMILES string of the molecule is CCNC(=NCC(=O)Nc1cccnc1)NCC1(c2ccccc2)CCC1. The van der Waals surface area contributed by atoms with Gasteiger partial charge in [0.05, 0.1) is 11.9 Å². The Morgan fingerprint density at radius 3 is 2.59 bits per heavy atom. The van der Waals surface area contributed by atoms with E-state index in [-0.39, 0.29) is 17.9 Å². The normalized spacial score (nSPS) is 15.5. The van der Waals surface area contributed by atoms with Gasteiger partial charge >= 0.3 is 0 Å². The van der Waals surface area contributed by atoms with Crippen molar-refractivity contribution in [3.05, 3.63) is 60.4 Å².